The summed E-state index contributed by atoms with van der Waals surface area (Å²) in [6, 6.07) is 5.78. The van der Waals surface area contributed by atoms with Crippen LogP contribution in [0.25, 0.3) is 10.9 Å². The van der Waals surface area contributed by atoms with Crippen LogP contribution in [0, 0.1) is 5.92 Å². The van der Waals surface area contributed by atoms with Gasteiger partial charge >= 0.3 is 0 Å². The number of carbonyl (C=O) groups excluding carboxylic acids is 1. The van der Waals surface area contributed by atoms with E-state index in [0.29, 0.717) is 0 Å². The molecule has 1 aromatic carbocycles. The fourth-order valence-corrected chi connectivity index (χ4v) is 3.09. The van der Waals surface area contributed by atoms with Crippen LogP contribution in [0.4, 0.5) is 0 Å². The molecule has 0 radical (unpaired) electrons. The van der Waals surface area contributed by atoms with Crippen LogP contribution in [0.3, 0.4) is 0 Å². The standard InChI is InChI=1S/C16H22N4O/c1-17-8-5-12-6-9-20(10-7-12)16(21)14-4-2-3-13-11-18-19-15(13)14/h2-4,11-12,17H,5-10H2,1H3,(H,18,19). The number of piperidine rings is 1. The molecule has 0 spiro atoms. The number of benzene rings is 1. The summed E-state index contributed by atoms with van der Waals surface area (Å²) < 4.78 is 0. The molecule has 2 heterocycles. The van der Waals surface area contributed by atoms with Crippen molar-refractivity contribution in [3.8, 4) is 0 Å². The van der Waals surface area contributed by atoms with Crippen molar-refractivity contribution in [3.63, 3.8) is 0 Å². The maximum Gasteiger partial charge on any atom is 0.256 e. The fourth-order valence-electron chi connectivity index (χ4n) is 3.09. The Bertz CT molecular complexity index is 614. The Morgan fingerprint density at radius 2 is 2.24 bits per heavy atom. The number of hydrogen-bond donors (Lipinski definition) is 2. The smallest absolute Gasteiger partial charge is 0.256 e. The molecule has 3 rings (SSSR count). The summed E-state index contributed by atoms with van der Waals surface area (Å²) in [6.07, 6.45) is 5.17. The second-order valence-electron chi connectivity index (χ2n) is 5.77. The van der Waals surface area contributed by atoms with E-state index in [1.165, 1.54) is 6.42 Å². The number of H-pyrrole nitrogens is 1. The second-order valence-corrected chi connectivity index (χ2v) is 5.77. The summed E-state index contributed by atoms with van der Waals surface area (Å²) in [5, 5.41) is 11.2. The third kappa shape index (κ3) is 2.93. The molecule has 1 aliphatic rings. The topological polar surface area (TPSA) is 61.0 Å². The Labute approximate surface area is 124 Å². The number of aromatic nitrogens is 2. The molecule has 5 heteroatoms. The van der Waals surface area contributed by atoms with E-state index in [2.05, 4.69) is 15.5 Å². The van der Waals surface area contributed by atoms with Crippen molar-refractivity contribution in [3.05, 3.63) is 30.0 Å². The first-order valence-corrected chi connectivity index (χ1v) is 7.65. The summed E-state index contributed by atoms with van der Waals surface area (Å²) in [5.41, 5.74) is 1.58. The van der Waals surface area contributed by atoms with Gasteiger partial charge in [0.25, 0.3) is 5.91 Å². The zero-order valence-electron chi connectivity index (χ0n) is 12.4. The first kappa shape index (κ1) is 14.1. The Balaban J connectivity index is 1.68. The van der Waals surface area contributed by atoms with Gasteiger partial charge in [-0.15, -0.1) is 0 Å². The normalized spacial score (nSPS) is 16.5. The maximum absolute atomic E-state index is 12.7. The molecule has 21 heavy (non-hydrogen) atoms. The SMILES string of the molecule is CNCCC1CCN(C(=O)c2cccc3cn[nH]c23)CC1. The lowest BCUT2D eigenvalue weighted by Gasteiger charge is -2.32. The Kier molecular flexibility index (Phi) is 4.20. The van der Waals surface area contributed by atoms with Gasteiger partial charge in [-0.1, -0.05) is 12.1 Å². The van der Waals surface area contributed by atoms with Gasteiger partial charge in [0.05, 0.1) is 17.3 Å². The van der Waals surface area contributed by atoms with E-state index in [1.807, 2.05) is 30.1 Å². The van der Waals surface area contributed by atoms with E-state index in [1.54, 1.807) is 6.20 Å². The highest BCUT2D eigenvalue weighted by Crippen LogP contribution is 2.23. The molecule has 1 fully saturated rings. The van der Waals surface area contributed by atoms with Crippen LogP contribution < -0.4 is 5.32 Å². The minimum atomic E-state index is 0.122. The van der Waals surface area contributed by atoms with Gasteiger partial charge in [-0.25, -0.2) is 0 Å². The lowest BCUT2D eigenvalue weighted by molar-refractivity contribution is 0.0689. The number of hydrogen-bond acceptors (Lipinski definition) is 3. The van der Waals surface area contributed by atoms with Gasteiger partial charge in [-0.2, -0.15) is 5.10 Å². The molecule has 0 atom stereocenters. The molecule has 1 saturated heterocycles. The first-order chi connectivity index (χ1) is 10.3. The van der Waals surface area contributed by atoms with E-state index in [-0.39, 0.29) is 5.91 Å². The second kappa shape index (κ2) is 6.26. The number of nitrogens with one attached hydrogen (secondary N) is 2. The van der Waals surface area contributed by atoms with Gasteiger partial charge in [0.1, 0.15) is 0 Å². The predicted octanol–water partition coefficient (Wildman–Crippen LogP) is 2.02. The van der Waals surface area contributed by atoms with Crippen LogP contribution in [0.2, 0.25) is 0 Å². The highest BCUT2D eigenvalue weighted by atomic mass is 16.2. The van der Waals surface area contributed by atoms with Crippen LogP contribution in [-0.2, 0) is 0 Å². The summed E-state index contributed by atoms with van der Waals surface area (Å²) >= 11 is 0. The fraction of sp³-hybridized carbons (Fsp3) is 0.500. The molecule has 1 amide bonds. The number of nitrogens with zero attached hydrogens (tertiary/aromatic N) is 2. The van der Waals surface area contributed by atoms with Crippen molar-refractivity contribution in [2.45, 2.75) is 19.3 Å². The molecule has 1 aliphatic heterocycles. The average molecular weight is 286 g/mol. The highest BCUT2D eigenvalue weighted by Gasteiger charge is 2.24. The molecule has 1 aromatic heterocycles. The van der Waals surface area contributed by atoms with E-state index in [4.69, 9.17) is 0 Å². The van der Waals surface area contributed by atoms with Gasteiger partial charge in [-0.3, -0.25) is 9.89 Å². The number of amides is 1. The monoisotopic (exact) mass is 286 g/mol. The van der Waals surface area contributed by atoms with Gasteiger partial charge < -0.3 is 10.2 Å². The first-order valence-electron chi connectivity index (χ1n) is 7.65. The van der Waals surface area contributed by atoms with Crippen molar-refractivity contribution in [2.75, 3.05) is 26.7 Å². The van der Waals surface area contributed by atoms with Crippen LogP contribution in [0.5, 0.6) is 0 Å². The van der Waals surface area contributed by atoms with Crippen LogP contribution in [-0.4, -0.2) is 47.7 Å². The van der Waals surface area contributed by atoms with Crippen molar-refractivity contribution in [2.24, 2.45) is 5.92 Å². The van der Waals surface area contributed by atoms with E-state index >= 15 is 0 Å². The van der Waals surface area contributed by atoms with Gasteiger partial charge in [0.15, 0.2) is 0 Å². The average Bonchev–Trinajstić information content (AvgIpc) is 3.01. The largest absolute Gasteiger partial charge is 0.339 e. The van der Waals surface area contributed by atoms with E-state index in [0.717, 1.165) is 54.9 Å². The van der Waals surface area contributed by atoms with Gasteiger partial charge in [0, 0.05) is 18.5 Å². The van der Waals surface area contributed by atoms with Crippen molar-refractivity contribution in [1.82, 2.24) is 20.4 Å². The number of likely N-dealkylation sites (tertiary alicyclic amines) is 1. The van der Waals surface area contributed by atoms with E-state index in [9.17, 15) is 4.79 Å². The van der Waals surface area contributed by atoms with Crippen LogP contribution in [0.1, 0.15) is 29.6 Å². The third-order valence-electron chi connectivity index (χ3n) is 4.41. The van der Waals surface area contributed by atoms with Crippen molar-refractivity contribution >= 4 is 16.8 Å². The quantitative estimate of drug-likeness (QED) is 0.904. The minimum Gasteiger partial charge on any atom is -0.339 e. The lowest BCUT2D eigenvalue weighted by atomic mass is 9.93. The van der Waals surface area contributed by atoms with Crippen molar-refractivity contribution < 1.29 is 4.79 Å². The highest BCUT2D eigenvalue weighted by molar-refractivity contribution is 6.05. The number of para-hydroxylation sites is 1. The zero-order chi connectivity index (χ0) is 14.7. The van der Waals surface area contributed by atoms with Crippen LogP contribution in [0.15, 0.2) is 24.4 Å². The molecule has 0 bridgehead atoms. The zero-order valence-corrected chi connectivity index (χ0v) is 12.4. The molecule has 112 valence electrons. The molecule has 2 N–H and O–H groups in total. The molecule has 2 aromatic rings. The molecule has 5 nitrogen and oxygen atoms in total. The predicted molar refractivity (Wildman–Crippen MR) is 83.3 cm³/mol. The number of fused-ring (bicyclic) bond motifs is 1. The molecule has 0 aliphatic carbocycles. The lowest BCUT2D eigenvalue weighted by Crippen LogP contribution is -2.39. The third-order valence-corrected chi connectivity index (χ3v) is 4.41. The van der Waals surface area contributed by atoms with Crippen molar-refractivity contribution in [1.29, 1.82) is 0 Å². The molecular formula is C16H22N4O. The summed E-state index contributed by atoms with van der Waals surface area (Å²) in [7, 11) is 1.99. The number of rotatable bonds is 4. The van der Waals surface area contributed by atoms with E-state index < -0.39 is 0 Å². The molecule has 0 unspecified atom stereocenters. The number of aromatic amines is 1. The number of carbonyl (C=O) groups is 1. The maximum atomic E-state index is 12.7. The minimum absolute atomic E-state index is 0.122. The Morgan fingerprint density at radius 3 is 3.00 bits per heavy atom. The summed E-state index contributed by atoms with van der Waals surface area (Å²) in [4.78, 5) is 14.7. The Hall–Kier alpha value is -1.88. The molecule has 0 saturated carbocycles. The summed E-state index contributed by atoms with van der Waals surface area (Å²) in [5.74, 6) is 0.862. The molecular weight excluding hydrogens is 264 g/mol. The van der Waals surface area contributed by atoms with Crippen LogP contribution >= 0.6 is 0 Å². The van der Waals surface area contributed by atoms with Gasteiger partial charge in [0.2, 0.25) is 0 Å². The van der Waals surface area contributed by atoms with Gasteiger partial charge in [-0.05, 0) is 44.8 Å². The summed E-state index contributed by atoms with van der Waals surface area (Å²) in [6.45, 7) is 2.78. The Morgan fingerprint density at radius 1 is 1.43 bits per heavy atom.